The molecule has 0 bridgehead atoms. The molecule has 1 heterocycles. The Bertz CT molecular complexity index is 1100. The molecule has 1 aromatic heterocycles. The van der Waals surface area contributed by atoms with E-state index in [-0.39, 0.29) is 0 Å². The molecule has 4 rings (SSSR count). The van der Waals surface area contributed by atoms with Gasteiger partial charge in [-0.25, -0.2) is 0 Å². The number of anilines is 2. The number of nitrogens with one attached hydrogen (secondary N) is 1. The number of rotatable bonds is 4. The Morgan fingerprint density at radius 3 is 2.15 bits per heavy atom. The molecule has 27 heavy (non-hydrogen) atoms. The van der Waals surface area contributed by atoms with E-state index in [2.05, 4.69) is 15.5 Å². The zero-order valence-electron chi connectivity index (χ0n) is 14.4. The molecule has 0 aliphatic carbocycles. The number of halogens is 2. The first-order chi connectivity index (χ1) is 13.2. The number of fused-ring (bicyclic) bond motifs is 1. The summed E-state index contributed by atoms with van der Waals surface area (Å²) in [5.41, 5.74) is 2.55. The van der Waals surface area contributed by atoms with Gasteiger partial charge >= 0.3 is 0 Å². The molecule has 4 nitrogen and oxygen atoms in total. The fraction of sp³-hybridized carbons (Fsp3) is 0.0476. The Balaban J connectivity index is 1.88. The number of para-hydroxylation sites is 1. The van der Waals surface area contributed by atoms with Gasteiger partial charge < -0.3 is 10.1 Å². The van der Waals surface area contributed by atoms with Gasteiger partial charge in [0.2, 0.25) is 0 Å². The molecule has 1 N–H and O–H groups in total. The van der Waals surface area contributed by atoms with Crippen molar-refractivity contribution in [1.82, 2.24) is 10.2 Å². The second-order valence-corrected chi connectivity index (χ2v) is 6.74. The largest absolute Gasteiger partial charge is 0.497 e. The molecule has 0 aliphatic heterocycles. The molecule has 0 radical (unpaired) electrons. The topological polar surface area (TPSA) is 47.0 Å². The van der Waals surface area contributed by atoms with E-state index in [1.165, 1.54) is 0 Å². The van der Waals surface area contributed by atoms with E-state index >= 15 is 0 Å². The van der Waals surface area contributed by atoms with Crippen molar-refractivity contribution in [2.24, 2.45) is 0 Å². The van der Waals surface area contributed by atoms with Crippen LogP contribution in [0.3, 0.4) is 0 Å². The van der Waals surface area contributed by atoms with E-state index in [9.17, 15) is 0 Å². The van der Waals surface area contributed by atoms with Gasteiger partial charge in [0.1, 0.15) is 11.4 Å². The van der Waals surface area contributed by atoms with Crippen LogP contribution in [0, 0.1) is 0 Å². The lowest BCUT2D eigenvalue weighted by molar-refractivity contribution is 0.415. The third kappa shape index (κ3) is 3.54. The first-order valence-corrected chi connectivity index (χ1v) is 9.03. The number of ether oxygens (including phenoxy) is 1. The Hall–Kier alpha value is -2.82. The lowest BCUT2D eigenvalue weighted by Crippen LogP contribution is -1.99. The van der Waals surface area contributed by atoms with Crippen molar-refractivity contribution < 1.29 is 4.74 Å². The smallest absolute Gasteiger partial charge is 0.161 e. The third-order valence-electron chi connectivity index (χ3n) is 4.22. The van der Waals surface area contributed by atoms with Crippen LogP contribution >= 0.6 is 23.2 Å². The maximum atomic E-state index is 6.29. The Morgan fingerprint density at radius 1 is 0.815 bits per heavy atom. The zero-order valence-corrected chi connectivity index (χ0v) is 15.9. The van der Waals surface area contributed by atoms with E-state index in [1.54, 1.807) is 7.11 Å². The summed E-state index contributed by atoms with van der Waals surface area (Å²) in [7, 11) is 1.63. The van der Waals surface area contributed by atoms with E-state index in [1.807, 2.05) is 66.7 Å². The number of benzene rings is 3. The van der Waals surface area contributed by atoms with E-state index in [4.69, 9.17) is 27.9 Å². The summed E-state index contributed by atoms with van der Waals surface area (Å²) in [4.78, 5) is 0. The standard InChI is InChI=1S/C21H15Cl2N3O/c1-27-15-9-7-13(8-10-15)20-16-11-18(22)19(23)12-17(16)21(26-25-20)24-14-5-3-2-4-6-14/h2-12H,1H3,(H,24,26). The second-order valence-electron chi connectivity index (χ2n) is 5.93. The first-order valence-electron chi connectivity index (χ1n) is 8.27. The molecule has 0 fully saturated rings. The van der Waals surface area contributed by atoms with Crippen molar-refractivity contribution in [3.63, 3.8) is 0 Å². The van der Waals surface area contributed by atoms with Crippen molar-refractivity contribution in [3.05, 3.63) is 76.8 Å². The van der Waals surface area contributed by atoms with Gasteiger partial charge in [-0.3, -0.25) is 0 Å². The molecule has 0 saturated carbocycles. The predicted octanol–water partition coefficient (Wildman–Crippen LogP) is 6.36. The number of hydrogen-bond donors (Lipinski definition) is 1. The van der Waals surface area contributed by atoms with Crippen molar-refractivity contribution in [2.45, 2.75) is 0 Å². The fourth-order valence-electron chi connectivity index (χ4n) is 2.86. The van der Waals surface area contributed by atoms with Crippen LogP contribution in [0.1, 0.15) is 0 Å². The van der Waals surface area contributed by atoms with E-state index in [0.29, 0.717) is 15.9 Å². The lowest BCUT2D eigenvalue weighted by atomic mass is 10.0. The average molecular weight is 396 g/mol. The summed E-state index contributed by atoms with van der Waals surface area (Å²) in [6.07, 6.45) is 0. The molecule has 3 aromatic carbocycles. The average Bonchev–Trinajstić information content (AvgIpc) is 2.70. The fourth-order valence-corrected chi connectivity index (χ4v) is 3.19. The molecule has 4 aromatic rings. The SMILES string of the molecule is COc1ccc(-c2nnc(Nc3ccccc3)c3cc(Cl)c(Cl)cc23)cc1. The number of aromatic nitrogens is 2. The highest BCUT2D eigenvalue weighted by atomic mass is 35.5. The number of nitrogens with zero attached hydrogens (tertiary/aromatic N) is 2. The van der Waals surface area contributed by atoms with Crippen LogP contribution in [-0.2, 0) is 0 Å². The molecular weight excluding hydrogens is 381 g/mol. The Kier molecular flexibility index (Phi) is 4.84. The van der Waals surface area contributed by atoms with Crippen LogP contribution in [0.25, 0.3) is 22.0 Å². The van der Waals surface area contributed by atoms with Crippen LogP contribution < -0.4 is 10.1 Å². The molecule has 0 amide bonds. The molecule has 0 aliphatic rings. The lowest BCUT2D eigenvalue weighted by Gasteiger charge is -2.12. The van der Waals surface area contributed by atoms with Gasteiger partial charge in [0, 0.05) is 22.0 Å². The minimum atomic E-state index is 0.467. The van der Waals surface area contributed by atoms with Gasteiger partial charge in [-0.1, -0.05) is 41.4 Å². The van der Waals surface area contributed by atoms with Gasteiger partial charge in [0.05, 0.1) is 17.2 Å². The summed E-state index contributed by atoms with van der Waals surface area (Å²) in [6.45, 7) is 0. The number of methoxy groups -OCH3 is 1. The second kappa shape index (κ2) is 7.43. The summed E-state index contributed by atoms with van der Waals surface area (Å²) in [5, 5.41) is 14.8. The molecule has 0 saturated heterocycles. The van der Waals surface area contributed by atoms with E-state index in [0.717, 1.165) is 33.5 Å². The minimum absolute atomic E-state index is 0.467. The van der Waals surface area contributed by atoms with Crippen LogP contribution in [0.4, 0.5) is 11.5 Å². The number of hydrogen-bond acceptors (Lipinski definition) is 4. The van der Waals surface area contributed by atoms with Gasteiger partial charge in [-0.15, -0.1) is 10.2 Å². The third-order valence-corrected chi connectivity index (χ3v) is 4.94. The molecule has 6 heteroatoms. The Morgan fingerprint density at radius 2 is 1.48 bits per heavy atom. The Labute approximate surface area is 166 Å². The highest BCUT2D eigenvalue weighted by Crippen LogP contribution is 2.36. The monoisotopic (exact) mass is 395 g/mol. The molecule has 0 unspecified atom stereocenters. The van der Waals surface area contributed by atoms with Crippen LogP contribution in [0.5, 0.6) is 5.75 Å². The zero-order chi connectivity index (χ0) is 18.8. The van der Waals surface area contributed by atoms with Crippen LogP contribution in [0.15, 0.2) is 66.7 Å². The first kappa shape index (κ1) is 17.6. The molecule has 0 spiro atoms. The van der Waals surface area contributed by atoms with Gasteiger partial charge in [0.15, 0.2) is 5.82 Å². The van der Waals surface area contributed by atoms with Crippen molar-refractivity contribution >= 4 is 45.5 Å². The van der Waals surface area contributed by atoms with Crippen LogP contribution in [0.2, 0.25) is 10.0 Å². The quantitative estimate of drug-likeness (QED) is 0.436. The maximum Gasteiger partial charge on any atom is 0.161 e. The summed E-state index contributed by atoms with van der Waals surface area (Å²) < 4.78 is 5.23. The summed E-state index contributed by atoms with van der Waals surface area (Å²) in [6, 6.07) is 21.1. The molecular formula is C21H15Cl2N3O. The highest BCUT2D eigenvalue weighted by molar-refractivity contribution is 6.43. The van der Waals surface area contributed by atoms with Crippen molar-refractivity contribution in [3.8, 4) is 17.0 Å². The van der Waals surface area contributed by atoms with Crippen molar-refractivity contribution in [2.75, 3.05) is 12.4 Å². The normalized spacial score (nSPS) is 10.8. The maximum absolute atomic E-state index is 6.29. The van der Waals surface area contributed by atoms with E-state index < -0.39 is 0 Å². The summed E-state index contributed by atoms with van der Waals surface area (Å²) >= 11 is 12.6. The molecule has 134 valence electrons. The predicted molar refractivity (Wildman–Crippen MR) is 111 cm³/mol. The van der Waals surface area contributed by atoms with Gasteiger partial charge in [0.25, 0.3) is 0 Å². The summed E-state index contributed by atoms with van der Waals surface area (Å²) in [5.74, 6) is 1.39. The van der Waals surface area contributed by atoms with Gasteiger partial charge in [-0.05, 0) is 48.5 Å². The van der Waals surface area contributed by atoms with Crippen LogP contribution in [-0.4, -0.2) is 17.3 Å². The van der Waals surface area contributed by atoms with Gasteiger partial charge in [-0.2, -0.15) is 0 Å². The molecule has 0 atom stereocenters. The minimum Gasteiger partial charge on any atom is -0.497 e. The van der Waals surface area contributed by atoms with Crippen molar-refractivity contribution in [1.29, 1.82) is 0 Å². The highest BCUT2D eigenvalue weighted by Gasteiger charge is 2.14.